The van der Waals surface area contributed by atoms with E-state index in [1.807, 2.05) is 47.0 Å². The molecule has 3 rings (SSSR count). The summed E-state index contributed by atoms with van der Waals surface area (Å²) in [5.74, 6) is 0.0241. The molecule has 2 heterocycles. The van der Waals surface area contributed by atoms with E-state index in [-0.39, 0.29) is 11.8 Å². The second-order valence-electron chi connectivity index (χ2n) is 5.45. The third-order valence-electron chi connectivity index (χ3n) is 4.10. The molecule has 4 nitrogen and oxygen atoms in total. The fraction of sp³-hybridized carbons (Fsp3) is 0.375. The molecule has 0 aliphatic carbocycles. The first-order valence-corrected chi connectivity index (χ1v) is 6.99. The summed E-state index contributed by atoms with van der Waals surface area (Å²) >= 11 is 0. The average Bonchev–Trinajstić information content (AvgIpc) is 2.88. The minimum Gasteiger partial charge on any atom is -0.351 e. The molecule has 20 heavy (non-hydrogen) atoms. The van der Waals surface area contributed by atoms with Crippen LogP contribution >= 0.6 is 0 Å². The van der Waals surface area contributed by atoms with Crippen LogP contribution in [0.3, 0.4) is 0 Å². The zero-order valence-electron chi connectivity index (χ0n) is 11.6. The van der Waals surface area contributed by atoms with Crippen molar-refractivity contribution < 1.29 is 9.59 Å². The molecule has 1 amide bonds. The predicted octanol–water partition coefficient (Wildman–Crippen LogP) is 2.23. The lowest BCUT2D eigenvalue weighted by Gasteiger charge is -2.30. The second-order valence-corrected chi connectivity index (χ2v) is 5.45. The molecule has 1 atom stereocenters. The molecule has 0 saturated carbocycles. The lowest BCUT2D eigenvalue weighted by molar-refractivity contribution is -0.112. The Labute approximate surface area is 118 Å². The fourth-order valence-corrected chi connectivity index (χ4v) is 2.96. The summed E-state index contributed by atoms with van der Waals surface area (Å²) < 4.78 is 2.01. The predicted molar refractivity (Wildman–Crippen MR) is 77.6 cm³/mol. The van der Waals surface area contributed by atoms with Crippen molar-refractivity contribution >= 4 is 23.1 Å². The van der Waals surface area contributed by atoms with Crippen molar-refractivity contribution in [2.24, 2.45) is 13.0 Å². The number of carbonyl (C=O) groups is 2. The normalized spacial score (nSPS) is 19.2. The number of aryl methyl sites for hydroxylation is 1. The Balaban J connectivity index is 1.94. The summed E-state index contributed by atoms with van der Waals surface area (Å²) in [5.41, 5.74) is 1.79. The zero-order chi connectivity index (χ0) is 14.1. The largest absolute Gasteiger partial charge is 0.351 e. The molecule has 1 aliphatic rings. The van der Waals surface area contributed by atoms with Gasteiger partial charge in [-0.15, -0.1) is 0 Å². The quantitative estimate of drug-likeness (QED) is 0.785. The van der Waals surface area contributed by atoms with Crippen LogP contribution in [-0.2, 0) is 11.8 Å². The summed E-state index contributed by atoms with van der Waals surface area (Å²) in [4.78, 5) is 25.4. The van der Waals surface area contributed by atoms with E-state index in [0.29, 0.717) is 6.54 Å². The van der Waals surface area contributed by atoms with Gasteiger partial charge in [0.2, 0.25) is 0 Å². The molecule has 0 radical (unpaired) electrons. The SMILES string of the molecule is Cn1ccc2c(C(=O)N3CCCC(C=O)C3)cccc21. The third kappa shape index (κ3) is 2.11. The van der Waals surface area contributed by atoms with Gasteiger partial charge in [-0.2, -0.15) is 0 Å². The molecule has 1 aliphatic heterocycles. The van der Waals surface area contributed by atoms with Crippen molar-refractivity contribution in [3.63, 3.8) is 0 Å². The molecule has 104 valence electrons. The molecule has 1 aromatic heterocycles. The van der Waals surface area contributed by atoms with Gasteiger partial charge in [-0.1, -0.05) is 6.07 Å². The maximum absolute atomic E-state index is 12.7. The molecule has 0 bridgehead atoms. The molecule has 4 heteroatoms. The number of likely N-dealkylation sites (tertiary alicyclic amines) is 1. The van der Waals surface area contributed by atoms with Gasteiger partial charge in [-0.3, -0.25) is 4.79 Å². The molecular weight excluding hydrogens is 252 g/mol. The lowest BCUT2D eigenvalue weighted by atomic mass is 9.98. The number of amides is 1. The summed E-state index contributed by atoms with van der Waals surface area (Å²) in [6, 6.07) is 7.77. The van der Waals surface area contributed by atoms with E-state index in [1.165, 1.54) is 0 Å². The Hall–Kier alpha value is -2.10. The zero-order valence-corrected chi connectivity index (χ0v) is 11.6. The minimum atomic E-state index is -0.0114. The lowest BCUT2D eigenvalue weighted by Crippen LogP contribution is -2.40. The second kappa shape index (κ2) is 5.12. The number of aromatic nitrogens is 1. The van der Waals surface area contributed by atoms with Crippen LogP contribution in [0.5, 0.6) is 0 Å². The van der Waals surface area contributed by atoms with E-state index in [1.54, 1.807) is 0 Å². The van der Waals surface area contributed by atoms with Crippen LogP contribution in [0.4, 0.5) is 0 Å². The van der Waals surface area contributed by atoms with E-state index in [9.17, 15) is 9.59 Å². The van der Waals surface area contributed by atoms with Crippen molar-refractivity contribution in [3.05, 3.63) is 36.0 Å². The maximum atomic E-state index is 12.7. The average molecular weight is 270 g/mol. The van der Waals surface area contributed by atoms with E-state index in [4.69, 9.17) is 0 Å². The van der Waals surface area contributed by atoms with Gasteiger partial charge in [-0.05, 0) is 31.0 Å². The molecule has 1 aromatic carbocycles. The Morgan fingerprint density at radius 2 is 2.20 bits per heavy atom. The number of rotatable bonds is 2. The van der Waals surface area contributed by atoms with Crippen molar-refractivity contribution in [1.29, 1.82) is 0 Å². The number of hydrogen-bond acceptors (Lipinski definition) is 2. The first-order valence-electron chi connectivity index (χ1n) is 6.99. The summed E-state index contributed by atoms with van der Waals surface area (Å²) in [6.07, 6.45) is 4.73. The monoisotopic (exact) mass is 270 g/mol. The van der Waals surface area contributed by atoms with E-state index >= 15 is 0 Å². The van der Waals surface area contributed by atoms with Crippen LogP contribution in [0.1, 0.15) is 23.2 Å². The molecule has 0 N–H and O–H groups in total. The van der Waals surface area contributed by atoms with Gasteiger partial charge < -0.3 is 14.3 Å². The summed E-state index contributed by atoms with van der Waals surface area (Å²) in [5, 5.41) is 0.980. The minimum absolute atomic E-state index is 0.0114. The smallest absolute Gasteiger partial charge is 0.254 e. The van der Waals surface area contributed by atoms with Gasteiger partial charge in [0.15, 0.2) is 0 Å². The van der Waals surface area contributed by atoms with Gasteiger partial charge in [0, 0.05) is 48.7 Å². The van der Waals surface area contributed by atoms with Crippen LogP contribution in [0.15, 0.2) is 30.5 Å². The number of carbonyl (C=O) groups excluding carboxylic acids is 2. The maximum Gasteiger partial charge on any atom is 0.254 e. The van der Waals surface area contributed by atoms with Crippen molar-refractivity contribution in [1.82, 2.24) is 9.47 Å². The highest BCUT2D eigenvalue weighted by Crippen LogP contribution is 2.23. The molecule has 1 saturated heterocycles. The molecule has 1 fully saturated rings. The Kier molecular flexibility index (Phi) is 3.30. The van der Waals surface area contributed by atoms with Crippen molar-refractivity contribution in [3.8, 4) is 0 Å². The fourth-order valence-electron chi connectivity index (χ4n) is 2.96. The molecular formula is C16H18N2O2. The highest BCUT2D eigenvalue weighted by molar-refractivity contribution is 6.06. The van der Waals surface area contributed by atoms with E-state index in [2.05, 4.69) is 0 Å². The topological polar surface area (TPSA) is 42.3 Å². The van der Waals surface area contributed by atoms with Gasteiger partial charge >= 0.3 is 0 Å². The highest BCUT2D eigenvalue weighted by atomic mass is 16.2. The molecule has 1 unspecified atom stereocenters. The molecule has 0 spiro atoms. The third-order valence-corrected chi connectivity index (χ3v) is 4.10. The van der Waals surface area contributed by atoms with Crippen LogP contribution in [0.2, 0.25) is 0 Å². The number of hydrogen-bond donors (Lipinski definition) is 0. The van der Waals surface area contributed by atoms with Crippen molar-refractivity contribution in [2.45, 2.75) is 12.8 Å². The Bertz CT molecular complexity index is 660. The Morgan fingerprint density at radius 1 is 1.35 bits per heavy atom. The number of piperidine rings is 1. The highest BCUT2D eigenvalue weighted by Gasteiger charge is 2.25. The Morgan fingerprint density at radius 3 is 3.00 bits per heavy atom. The summed E-state index contributed by atoms with van der Waals surface area (Å²) in [6.45, 7) is 1.29. The van der Waals surface area contributed by atoms with E-state index < -0.39 is 0 Å². The number of aldehydes is 1. The van der Waals surface area contributed by atoms with Gasteiger partial charge in [0.25, 0.3) is 5.91 Å². The van der Waals surface area contributed by atoms with Gasteiger partial charge in [0.1, 0.15) is 6.29 Å². The first-order chi connectivity index (χ1) is 9.70. The number of fused-ring (bicyclic) bond motifs is 1. The standard InChI is InChI=1S/C16H18N2O2/c1-17-9-7-13-14(5-2-6-15(13)17)16(20)18-8-3-4-12(10-18)11-19/h2,5-7,9,11-12H,3-4,8,10H2,1H3. The number of nitrogens with zero attached hydrogens (tertiary/aromatic N) is 2. The first kappa shape index (κ1) is 12.9. The van der Waals surface area contributed by atoms with Crippen molar-refractivity contribution in [2.75, 3.05) is 13.1 Å². The van der Waals surface area contributed by atoms with E-state index in [0.717, 1.165) is 42.1 Å². The van der Waals surface area contributed by atoms with Crippen LogP contribution in [0, 0.1) is 5.92 Å². The van der Waals surface area contributed by atoms with Gasteiger partial charge in [-0.25, -0.2) is 0 Å². The summed E-state index contributed by atoms with van der Waals surface area (Å²) in [7, 11) is 1.97. The molecule has 2 aromatic rings. The van der Waals surface area contributed by atoms with Crippen LogP contribution in [-0.4, -0.2) is 34.7 Å². The van der Waals surface area contributed by atoms with Gasteiger partial charge in [0.05, 0.1) is 0 Å². The van der Waals surface area contributed by atoms with Crippen LogP contribution < -0.4 is 0 Å². The number of benzene rings is 1. The van der Waals surface area contributed by atoms with Crippen LogP contribution in [0.25, 0.3) is 10.9 Å².